The van der Waals surface area contributed by atoms with Crippen LogP contribution >= 0.6 is 0 Å². The van der Waals surface area contributed by atoms with Crippen molar-refractivity contribution in [1.82, 2.24) is 4.90 Å². The highest BCUT2D eigenvalue weighted by Crippen LogP contribution is 2.21. The van der Waals surface area contributed by atoms with Gasteiger partial charge in [0.1, 0.15) is 12.4 Å². The standard InChI is InChI=1S/C23H31NO2.C2H2O4/c1-20-7-5-6-10-23(20)26-18-17-25-16-15-24-13-11-22(12-14-24)19-21-8-3-2-4-9-21;3-1(4)2(5)6/h2-10,22H,11-19H2,1H3;(H,3,4)(H,5,6). The highest BCUT2D eigenvalue weighted by molar-refractivity contribution is 6.27. The van der Waals surface area contributed by atoms with Crippen LogP contribution < -0.4 is 4.74 Å². The Bertz CT molecular complexity index is 806. The van der Waals surface area contributed by atoms with Crippen molar-refractivity contribution in [3.8, 4) is 5.75 Å². The van der Waals surface area contributed by atoms with Gasteiger partial charge in [-0.25, -0.2) is 9.59 Å². The molecule has 174 valence electrons. The van der Waals surface area contributed by atoms with Gasteiger partial charge in [-0.1, -0.05) is 48.5 Å². The van der Waals surface area contributed by atoms with Crippen LogP contribution in [0.5, 0.6) is 5.75 Å². The summed E-state index contributed by atoms with van der Waals surface area (Å²) < 4.78 is 11.5. The Morgan fingerprint density at radius 3 is 2.16 bits per heavy atom. The first kappa shape index (κ1) is 25.4. The van der Waals surface area contributed by atoms with E-state index in [4.69, 9.17) is 29.3 Å². The summed E-state index contributed by atoms with van der Waals surface area (Å²) in [5.74, 6) is -1.86. The normalized spacial score (nSPS) is 14.3. The van der Waals surface area contributed by atoms with E-state index in [0.29, 0.717) is 13.2 Å². The number of likely N-dealkylation sites (tertiary alicyclic amines) is 1. The fourth-order valence-electron chi connectivity index (χ4n) is 3.59. The fourth-order valence-corrected chi connectivity index (χ4v) is 3.59. The van der Waals surface area contributed by atoms with Crippen LogP contribution in [0.15, 0.2) is 54.6 Å². The zero-order valence-electron chi connectivity index (χ0n) is 18.6. The van der Waals surface area contributed by atoms with Crippen molar-refractivity contribution >= 4 is 11.9 Å². The fraction of sp³-hybridized carbons (Fsp3) is 0.440. The van der Waals surface area contributed by atoms with E-state index in [-0.39, 0.29) is 0 Å². The van der Waals surface area contributed by atoms with Crippen molar-refractivity contribution in [1.29, 1.82) is 0 Å². The van der Waals surface area contributed by atoms with Crippen LogP contribution in [0.4, 0.5) is 0 Å². The maximum Gasteiger partial charge on any atom is 0.414 e. The lowest BCUT2D eigenvalue weighted by Gasteiger charge is -2.31. The summed E-state index contributed by atoms with van der Waals surface area (Å²) in [5.41, 5.74) is 2.65. The summed E-state index contributed by atoms with van der Waals surface area (Å²) in [5, 5.41) is 14.8. The zero-order chi connectivity index (χ0) is 23.2. The maximum absolute atomic E-state index is 9.10. The summed E-state index contributed by atoms with van der Waals surface area (Å²) in [6.07, 6.45) is 3.82. The first-order valence-electron chi connectivity index (χ1n) is 10.9. The van der Waals surface area contributed by atoms with Gasteiger partial charge in [-0.3, -0.25) is 0 Å². The van der Waals surface area contributed by atoms with Gasteiger partial charge in [0.2, 0.25) is 0 Å². The average molecular weight is 444 g/mol. The molecule has 0 amide bonds. The third-order valence-corrected chi connectivity index (χ3v) is 5.39. The lowest BCUT2D eigenvalue weighted by atomic mass is 9.90. The van der Waals surface area contributed by atoms with E-state index >= 15 is 0 Å². The number of nitrogens with zero attached hydrogens (tertiary/aromatic N) is 1. The molecular formula is C25H33NO6. The first-order valence-corrected chi connectivity index (χ1v) is 10.9. The molecular weight excluding hydrogens is 410 g/mol. The molecule has 0 atom stereocenters. The molecule has 7 heteroatoms. The molecule has 0 radical (unpaired) electrons. The van der Waals surface area contributed by atoms with Crippen molar-refractivity contribution in [3.63, 3.8) is 0 Å². The van der Waals surface area contributed by atoms with Gasteiger partial charge in [-0.15, -0.1) is 0 Å². The van der Waals surface area contributed by atoms with Gasteiger partial charge < -0.3 is 24.6 Å². The molecule has 2 aromatic rings. The SMILES string of the molecule is Cc1ccccc1OCCOCCN1CCC(Cc2ccccc2)CC1.O=C(O)C(=O)O. The topological polar surface area (TPSA) is 96.3 Å². The second-order valence-corrected chi connectivity index (χ2v) is 7.81. The van der Waals surface area contributed by atoms with E-state index < -0.39 is 11.9 Å². The third kappa shape index (κ3) is 9.94. The molecule has 1 fully saturated rings. The van der Waals surface area contributed by atoms with Crippen molar-refractivity contribution < 1.29 is 29.3 Å². The molecule has 1 aliphatic heterocycles. The Balaban J connectivity index is 0.000000534. The number of aliphatic carboxylic acids is 2. The number of ether oxygens (including phenoxy) is 2. The highest BCUT2D eigenvalue weighted by Gasteiger charge is 2.19. The predicted molar refractivity (Wildman–Crippen MR) is 122 cm³/mol. The molecule has 2 aromatic carbocycles. The second-order valence-electron chi connectivity index (χ2n) is 7.81. The Hall–Kier alpha value is -2.90. The van der Waals surface area contributed by atoms with Crippen LogP contribution in [-0.4, -0.2) is 66.5 Å². The van der Waals surface area contributed by atoms with Gasteiger partial charge in [0.25, 0.3) is 0 Å². The zero-order valence-corrected chi connectivity index (χ0v) is 18.6. The Labute approximate surface area is 189 Å². The van der Waals surface area contributed by atoms with Crippen LogP contribution in [-0.2, 0) is 20.7 Å². The number of carboxylic acid groups (broad SMARTS) is 2. The van der Waals surface area contributed by atoms with Gasteiger partial charge in [0.15, 0.2) is 0 Å². The smallest absolute Gasteiger partial charge is 0.414 e. The van der Waals surface area contributed by atoms with Gasteiger partial charge in [0, 0.05) is 6.54 Å². The molecule has 1 aliphatic rings. The summed E-state index contributed by atoms with van der Waals surface area (Å²) >= 11 is 0. The number of para-hydroxylation sites is 1. The summed E-state index contributed by atoms with van der Waals surface area (Å²) in [6.45, 7) is 7.55. The quantitative estimate of drug-likeness (QED) is 0.452. The number of hydrogen-bond acceptors (Lipinski definition) is 5. The van der Waals surface area contributed by atoms with Crippen LogP contribution in [0.3, 0.4) is 0 Å². The number of piperidine rings is 1. The van der Waals surface area contributed by atoms with Crippen molar-refractivity contribution in [2.75, 3.05) is 39.5 Å². The van der Waals surface area contributed by atoms with Crippen molar-refractivity contribution in [2.24, 2.45) is 5.92 Å². The van der Waals surface area contributed by atoms with Crippen molar-refractivity contribution in [2.45, 2.75) is 26.2 Å². The van der Waals surface area contributed by atoms with Gasteiger partial charge in [-0.2, -0.15) is 0 Å². The molecule has 0 bridgehead atoms. The van der Waals surface area contributed by atoms with E-state index in [9.17, 15) is 0 Å². The van der Waals surface area contributed by atoms with Crippen LogP contribution in [0.1, 0.15) is 24.0 Å². The Morgan fingerprint density at radius 1 is 0.906 bits per heavy atom. The first-order chi connectivity index (χ1) is 15.5. The summed E-state index contributed by atoms with van der Waals surface area (Å²) in [4.78, 5) is 20.7. The molecule has 3 rings (SSSR count). The maximum atomic E-state index is 9.10. The van der Waals surface area contributed by atoms with Crippen LogP contribution in [0.2, 0.25) is 0 Å². The lowest BCUT2D eigenvalue weighted by molar-refractivity contribution is -0.159. The molecule has 0 aromatic heterocycles. The molecule has 0 spiro atoms. The molecule has 32 heavy (non-hydrogen) atoms. The Morgan fingerprint density at radius 2 is 1.53 bits per heavy atom. The predicted octanol–water partition coefficient (Wildman–Crippen LogP) is 3.50. The van der Waals surface area contributed by atoms with E-state index in [1.807, 2.05) is 18.2 Å². The largest absolute Gasteiger partial charge is 0.491 e. The highest BCUT2D eigenvalue weighted by atomic mass is 16.5. The monoisotopic (exact) mass is 443 g/mol. The number of carboxylic acids is 2. The van der Waals surface area contributed by atoms with Gasteiger partial charge >= 0.3 is 11.9 Å². The van der Waals surface area contributed by atoms with E-state index in [0.717, 1.165) is 24.8 Å². The third-order valence-electron chi connectivity index (χ3n) is 5.39. The summed E-state index contributed by atoms with van der Waals surface area (Å²) in [6, 6.07) is 19.0. The molecule has 1 saturated heterocycles. The molecule has 0 aliphatic carbocycles. The minimum absolute atomic E-state index is 0.615. The average Bonchev–Trinajstić information content (AvgIpc) is 2.79. The van der Waals surface area contributed by atoms with Crippen LogP contribution in [0, 0.1) is 12.8 Å². The molecule has 0 saturated carbocycles. The minimum Gasteiger partial charge on any atom is -0.491 e. The number of carbonyl (C=O) groups is 2. The van der Waals surface area contributed by atoms with Gasteiger partial charge in [0.05, 0.1) is 13.2 Å². The Kier molecular flexibility index (Phi) is 11.3. The van der Waals surface area contributed by atoms with E-state index in [1.165, 1.54) is 43.5 Å². The number of benzene rings is 2. The number of aryl methyl sites for hydroxylation is 1. The number of rotatable bonds is 9. The van der Waals surface area contributed by atoms with Crippen LogP contribution in [0.25, 0.3) is 0 Å². The number of hydrogen-bond donors (Lipinski definition) is 2. The van der Waals surface area contributed by atoms with E-state index in [2.05, 4.69) is 48.2 Å². The molecule has 7 nitrogen and oxygen atoms in total. The molecule has 1 heterocycles. The minimum atomic E-state index is -1.82. The molecule has 0 unspecified atom stereocenters. The van der Waals surface area contributed by atoms with Gasteiger partial charge in [-0.05, 0) is 62.4 Å². The summed E-state index contributed by atoms with van der Waals surface area (Å²) in [7, 11) is 0. The lowest BCUT2D eigenvalue weighted by Crippen LogP contribution is -2.36. The second kappa shape index (κ2) is 14.2. The van der Waals surface area contributed by atoms with E-state index in [1.54, 1.807) is 0 Å². The van der Waals surface area contributed by atoms with Crippen molar-refractivity contribution in [3.05, 3.63) is 65.7 Å². The molecule has 2 N–H and O–H groups in total.